The van der Waals surface area contributed by atoms with Crippen LogP contribution in [0.15, 0.2) is 17.3 Å². The molecule has 1 aliphatic rings. The quantitative estimate of drug-likeness (QED) is 0.485. The number of thiophene rings is 1. The minimum atomic E-state index is 0.336. The summed E-state index contributed by atoms with van der Waals surface area (Å²) in [5.41, 5.74) is 2.01. The van der Waals surface area contributed by atoms with Crippen molar-refractivity contribution in [3.05, 3.63) is 17.1 Å². The predicted octanol–water partition coefficient (Wildman–Crippen LogP) is 2.95. The number of fused-ring (bicyclic) bond motifs is 1. The first-order valence-electron chi connectivity index (χ1n) is 6.94. The van der Waals surface area contributed by atoms with Gasteiger partial charge in [-0.05, 0) is 25.8 Å². The van der Waals surface area contributed by atoms with Gasteiger partial charge in [-0.25, -0.2) is 9.98 Å². The van der Waals surface area contributed by atoms with Crippen molar-refractivity contribution in [1.29, 1.82) is 0 Å². The van der Waals surface area contributed by atoms with Crippen molar-refractivity contribution >= 4 is 45.7 Å². The van der Waals surface area contributed by atoms with Gasteiger partial charge in [-0.15, -0.1) is 11.3 Å². The monoisotopic (exact) mass is 302 g/mol. The van der Waals surface area contributed by atoms with Gasteiger partial charge in [0.15, 0.2) is 0 Å². The standard InChI is InChI=1S/C15H18N4OS/c1-10-14(17-8-19(9-20)11-4-5-11)13-12(18(2)3)6-7-16-15(13)21-10/h6-9,11H,4-5H2,1-3H3. The lowest BCUT2D eigenvalue weighted by Gasteiger charge is -2.14. The highest BCUT2D eigenvalue weighted by atomic mass is 32.1. The molecule has 1 fully saturated rings. The third kappa shape index (κ3) is 2.63. The van der Waals surface area contributed by atoms with Gasteiger partial charge in [-0.1, -0.05) is 0 Å². The summed E-state index contributed by atoms with van der Waals surface area (Å²) < 4.78 is 0. The second-order valence-corrected chi connectivity index (χ2v) is 6.64. The third-order valence-electron chi connectivity index (χ3n) is 3.61. The van der Waals surface area contributed by atoms with E-state index >= 15 is 0 Å². The molecule has 1 saturated carbocycles. The first-order chi connectivity index (χ1) is 10.1. The summed E-state index contributed by atoms with van der Waals surface area (Å²) in [6.45, 7) is 2.04. The minimum Gasteiger partial charge on any atom is -0.377 e. The fourth-order valence-corrected chi connectivity index (χ4v) is 3.29. The summed E-state index contributed by atoms with van der Waals surface area (Å²) in [6, 6.07) is 2.33. The highest BCUT2D eigenvalue weighted by molar-refractivity contribution is 7.19. The van der Waals surface area contributed by atoms with E-state index in [1.54, 1.807) is 22.6 Å². The van der Waals surface area contributed by atoms with Crippen LogP contribution in [0.4, 0.5) is 11.4 Å². The zero-order valence-corrected chi connectivity index (χ0v) is 13.2. The van der Waals surface area contributed by atoms with E-state index in [0.29, 0.717) is 6.04 Å². The van der Waals surface area contributed by atoms with Crippen molar-refractivity contribution < 1.29 is 4.79 Å². The van der Waals surface area contributed by atoms with Crippen LogP contribution in [-0.4, -0.2) is 42.8 Å². The number of carbonyl (C=O) groups is 1. The van der Waals surface area contributed by atoms with Crippen molar-refractivity contribution in [2.24, 2.45) is 4.99 Å². The minimum absolute atomic E-state index is 0.336. The summed E-state index contributed by atoms with van der Waals surface area (Å²) >= 11 is 1.64. The number of rotatable bonds is 5. The maximum atomic E-state index is 11.1. The lowest BCUT2D eigenvalue weighted by Crippen LogP contribution is -2.21. The lowest BCUT2D eigenvalue weighted by atomic mass is 10.2. The molecule has 5 nitrogen and oxygen atoms in total. The van der Waals surface area contributed by atoms with Gasteiger partial charge in [0.2, 0.25) is 6.41 Å². The molecule has 0 spiro atoms. The van der Waals surface area contributed by atoms with E-state index in [-0.39, 0.29) is 0 Å². The molecule has 2 heterocycles. The molecule has 6 heteroatoms. The van der Waals surface area contributed by atoms with E-state index in [2.05, 4.69) is 14.9 Å². The van der Waals surface area contributed by atoms with E-state index in [4.69, 9.17) is 0 Å². The molecular weight excluding hydrogens is 284 g/mol. The van der Waals surface area contributed by atoms with Gasteiger partial charge < -0.3 is 9.80 Å². The highest BCUT2D eigenvalue weighted by Gasteiger charge is 2.27. The molecule has 0 aromatic carbocycles. The smallest absolute Gasteiger partial charge is 0.215 e. The number of aliphatic imine (C=N–C) groups is 1. The maximum absolute atomic E-state index is 11.1. The SMILES string of the molecule is Cc1sc2nccc(N(C)C)c2c1N=CN(C=O)C1CC1. The van der Waals surface area contributed by atoms with Crippen LogP contribution in [0.25, 0.3) is 10.2 Å². The van der Waals surface area contributed by atoms with Gasteiger partial charge in [-0.2, -0.15) is 0 Å². The summed E-state index contributed by atoms with van der Waals surface area (Å²) in [4.78, 5) is 25.9. The van der Waals surface area contributed by atoms with Gasteiger partial charge in [0, 0.05) is 31.2 Å². The van der Waals surface area contributed by atoms with Crippen LogP contribution in [0.1, 0.15) is 17.7 Å². The van der Waals surface area contributed by atoms with Gasteiger partial charge >= 0.3 is 0 Å². The number of carbonyl (C=O) groups excluding carboxylic acids is 1. The van der Waals surface area contributed by atoms with Crippen molar-refractivity contribution in [1.82, 2.24) is 9.88 Å². The number of aromatic nitrogens is 1. The van der Waals surface area contributed by atoms with Crippen LogP contribution >= 0.6 is 11.3 Å². The highest BCUT2D eigenvalue weighted by Crippen LogP contribution is 2.41. The first-order valence-corrected chi connectivity index (χ1v) is 7.76. The van der Waals surface area contributed by atoms with Gasteiger partial charge in [0.25, 0.3) is 0 Å². The average Bonchev–Trinajstić information content (AvgIpc) is 3.23. The molecule has 0 N–H and O–H groups in total. The second kappa shape index (κ2) is 5.44. The Bertz CT molecular complexity index is 703. The molecule has 2 aromatic heterocycles. The fourth-order valence-electron chi connectivity index (χ4n) is 2.34. The number of hydrogen-bond acceptors (Lipinski definition) is 5. The molecule has 2 aromatic rings. The van der Waals surface area contributed by atoms with E-state index in [1.165, 1.54) is 0 Å². The first kappa shape index (κ1) is 14.0. The number of amides is 1. The van der Waals surface area contributed by atoms with E-state index in [9.17, 15) is 4.79 Å². The number of anilines is 1. The van der Waals surface area contributed by atoms with Crippen LogP contribution < -0.4 is 4.90 Å². The zero-order chi connectivity index (χ0) is 15.0. The van der Waals surface area contributed by atoms with Crippen molar-refractivity contribution in [2.75, 3.05) is 19.0 Å². The van der Waals surface area contributed by atoms with Crippen LogP contribution in [0.2, 0.25) is 0 Å². The largest absolute Gasteiger partial charge is 0.377 e. The Morgan fingerprint density at radius 2 is 2.19 bits per heavy atom. The van der Waals surface area contributed by atoms with Crippen molar-refractivity contribution in [2.45, 2.75) is 25.8 Å². The van der Waals surface area contributed by atoms with E-state index < -0.39 is 0 Å². The number of aryl methyl sites for hydroxylation is 1. The van der Waals surface area contributed by atoms with Crippen LogP contribution in [0.5, 0.6) is 0 Å². The Kier molecular flexibility index (Phi) is 3.63. The summed E-state index contributed by atoms with van der Waals surface area (Å²) in [5, 5.41) is 1.06. The number of pyridine rings is 1. The zero-order valence-electron chi connectivity index (χ0n) is 12.4. The van der Waals surface area contributed by atoms with E-state index in [0.717, 1.165) is 45.7 Å². The molecule has 0 radical (unpaired) electrons. The Labute approximate surface area is 127 Å². The van der Waals surface area contributed by atoms with Crippen LogP contribution in [0.3, 0.4) is 0 Å². The molecular formula is C15H18N4OS. The molecule has 1 amide bonds. The van der Waals surface area contributed by atoms with Gasteiger partial charge in [0.1, 0.15) is 4.83 Å². The summed E-state index contributed by atoms with van der Waals surface area (Å²) in [6.07, 6.45) is 6.47. The molecule has 0 atom stereocenters. The maximum Gasteiger partial charge on any atom is 0.215 e. The Hall–Kier alpha value is -1.95. The van der Waals surface area contributed by atoms with Crippen LogP contribution in [0, 0.1) is 6.92 Å². The van der Waals surface area contributed by atoms with Crippen molar-refractivity contribution in [3.8, 4) is 0 Å². The Balaban J connectivity index is 2.06. The molecule has 0 aliphatic heterocycles. The average molecular weight is 302 g/mol. The summed E-state index contributed by atoms with van der Waals surface area (Å²) in [5.74, 6) is 0. The Morgan fingerprint density at radius 1 is 1.43 bits per heavy atom. The third-order valence-corrected chi connectivity index (χ3v) is 4.61. The lowest BCUT2D eigenvalue weighted by molar-refractivity contribution is -0.114. The van der Waals surface area contributed by atoms with Gasteiger partial charge in [0.05, 0.1) is 23.1 Å². The predicted molar refractivity (Wildman–Crippen MR) is 87.8 cm³/mol. The van der Waals surface area contributed by atoms with E-state index in [1.807, 2.05) is 33.3 Å². The normalized spacial score (nSPS) is 14.8. The van der Waals surface area contributed by atoms with Gasteiger partial charge in [-0.3, -0.25) is 4.79 Å². The molecule has 110 valence electrons. The fraction of sp³-hybridized carbons (Fsp3) is 0.400. The van der Waals surface area contributed by atoms with Crippen LogP contribution in [-0.2, 0) is 4.79 Å². The molecule has 0 unspecified atom stereocenters. The molecule has 1 aliphatic carbocycles. The number of hydrogen-bond donors (Lipinski definition) is 0. The number of nitrogens with zero attached hydrogens (tertiary/aromatic N) is 4. The topological polar surface area (TPSA) is 48.8 Å². The van der Waals surface area contributed by atoms with Crippen molar-refractivity contribution in [3.63, 3.8) is 0 Å². The summed E-state index contributed by atoms with van der Waals surface area (Å²) in [7, 11) is 4.02. The molecule has 0 bridgehead atoms. The molecule has 0 saturated heterocycles. The Morgan fingerprint density at radius 3 is 2.81 bits per heavy atom. The molecule has 21 heavy (non-hydrogen) atoms. The second-order valence-electron chi connectivity index (χ2n) is 5.44. The molecule has 3 rings (SSSR count).